The van der Waals surface area contributed by atoms with Gasteiger partial charge in [-0.3, -0.25) is 4.79 Å². The summed E-state index contributed by atoms with van der Waals surface area (Å²) in [6.07, 6.45) is 1.86. The number of benzene rings is 1. The van der Waals surface area contributed by atoms with Gasteiger partial charge in [0.2, 0.25) is 5.91 Å². The second-order valence-electron chi connectivity index (χ2n) is 5.31. The smallest absolute Gasteiger partial charge is 0.232 e. The Kier molecular flexibility index (Phi) is 3.42. The number of ether oxygens (including phenoxy) is 1. The predicted octanol–water partition coefficient (Wildman–Crippen LogP) is 1.90. The van der Waals surface area contributed by atoms with Gasteiger partial charge in [-0.15, -0.1) is 0 Å². The van der Waals surface area contributed by atoms with E-state index >= 15 is 0 Å². The van der Waals surface area contributed by atoms with Gasteiger partial charge in [-0.1, -0.05) is 12.1 Å². The number of carbonyl (C=O) groups excluding carboxylic acids is 1. The Morgan fingerprint density at radius 3 is 2.79 bits per heavy atom. The Bertz CT molecular complexity index is 469. The van der Waals surface area contributed by atoms with Crippen LogP contribution in [0.5, 0.6) is 0 Å². The van der Waals surface area contributed by atoms with Crippen molar-refractivity contribution in [3.05, 3.63) is 24.3 Å². The predicted molar refractivity (Wildman–Crippen MR) is 75.6 cm³/mol. The fourth-order valence-corrected chi connectivity index (χ4v) is 2.90. The van der Waals surface area contributed by atoms with Crippen LogP contribution in [-0.2, 0) is 9.53 Å². The lowest BCUT2D eigenvalue weighted by molar-refractivity contribution is -0.122. The normalized spacial score (nSPS) is 23.1. The third-order valence-corrected chi connectivity index (χ3v) is 4.00. The Balaban J connectivity index is 1.92. The van der Waals surface area contributed by atoms with Gasteiger partial charge < -0.3 is 14.5 Å². The standard InChI is InChI=1S/C15H20N2O2/c1-16-8-4-9-17(14-6-3-2-5-13(14)16)15(18)12-7-10-19-11-12/h2-3,5-6,12H,4,7-11H2,1H3/t12-/m0/s1. The lowest BCUT2D eigenvalue weighted by Crippen LogP contribution is -2.37. The van der Waals surface area contributed by atoms with E-state index in [0.29, 0.717) is 13.2 Å². The van der Waals surface area contributed by atoms with Crippen molar-refractivity contribution in [2.24, 2.45) is 5.92 Å². The van der Waals surface area contributed by atoms with Gasteiger partial charge in [0.25, 0.3) is 0 Å². The molecular weight excluding hydrogens is 240 g/mol. The highest BCUT2D eigenvalue weighted by Crippen LogP contribution is 2.32. The summed E-state index contributed by atoms with van der Waals surface area (Å²) in [7, 11) is 2.09. The van der Waals surface area contributed by atoms with Crippen LogP contribution in [0.25, 0.3) is 0 Å². The molecule has 1 fully saturated rings. The van der Waals surface area contributed by atoms with Gasteiger partial charge in [-0.2, -0.15) is 0 Å². The summed E-state index contributed by atoms with van der Waals surface area (Å²) < 4.78 is 5.35. The van der Waals surface area contributed by atoms with Gasteiger partial charge in [0.15, 0.2) is 0 Å². The highest BCUT2D eigenvalue weighted by molar-refractivity contribution is 5.98. The first-order chi connectivity index (χ1) is 9.27. The first-order valence-corrected chi connectivity index (χ1v) is 6.96. The van der Waals surface area contributed by atoms with E-state index in [1.807, 2.05) is 23.1 Å². The van der Waals surface area contributed by atoms with E-state index in [-0.39, 0.29) is 11.8 Å². The molecule has 2 aliphatic heterocycles. The number of rotatable bonds is 1. The Hall–Kier alpha value is -1.55. The van der Waals surface area contributed by atoms with Gasteiger partial charge in [0.05, 0.1) is 23.9 Å². The fourth-order valence-electron chi connectivity index (χ4n) is 2.90. The Labute approximate surface area is 113 Å². The highest BCUT2D eigenvalue weighted by atomic mass is 16.5. The van der Waals surface area contributed by atoms with Crippen molar-refractivity contribution in [3.8, 4) is 0 Å². The van der Waals surface area contributed by atoms with Gasteiger partial charge in [0, 0.05) is 26.7 Å². The molecule has 19 heavy (non-hydrogen) atoms. The number of carbonyl (C=O) groups is 1. The molecule has 0 spiro atoms. The number of anilines is 2. The zero-order valence-electron chi connectivity index (χ0n) is 11.3. The minimum Gasteiger partial charge on any atom is -0.381 e. The van der Waals surface area contributed by atoms with E-state index < -0.39 is 0 Å². The van der Waals surface area contributed by atoms with Crippen molar-refractivity contribution in [2.45, 2.75) is 12.8 Å². The first-order valence-electron chi connectivity index (χ1n) is 6.96. The molecule has 2 heterocycles. The van der Waals surface area contributed by atoms with Crippen LogP contribution in [0.4, 0.5) is 11.4 Å². The molecule has 0 aromatic heterocycles. The maximum absolute atomic E-state index is 12.6. The second-order valence-corrected chi connectivity index (χ2v) is 5.31. The summed E-state index contributed by atoms with van der Waals surface area (Å²) in [6.45, 7) is 3.08. The third kappa shape index (κ3) is 2.32. The SMILES string of the molecule is CN1CCCN(C(=O)[C@H]2CCOC2)c2ccccc21. The maximum Gasteiger partial charge on any atom is 0.232 e. The molecule has 0 N–H and O–H groups in total. The molecule has 3 rings (SSSR count). The van der Waals surface area contributed by atoms with E-state index in [1.165, 1.54) is 0 Å². The van der Waals surface area contributed by atoms with E-state index in [2.05, 4.69) is 18.0 Å². The number of hydrogen-bond donors (Lipinski definition) is 0. The minimum atomic E-state index is 0.0384. The van der Waals surface area contributed by atoms with Gasteiger partial charge >= 0.3 is 0 Å². The average Bonchev–Trinajstić information content (AvgIpc) is 2.91. The zero-order chi connectivity index (χ0) is 13.2. The van der Waals surface area contributed by atoms with Gasteiger partial charge in [-0.25, -0.2) is 0 Å². The van der Waals surface area contributed by atoms with Crippen LogP contribution < -0.4 is 9.80 Å². The highest BCUT2D eigenvalue weighted by Gasteiger charge is 2.31. The van der Waals surface area contributed by atoms with Gasteiger partial charge in [0.1, 0.15) is 0 Å². The van der Waals surface area contributed by atoms with Crippen molar-refractivity contribution in [2.75, 3.05) is 43.2 Å². The summed E-state index contributed by atoms with van der Waals surface area (Å²) >= 11 is 0. The molecule has 1 amide bonds. The summed E-state index contributed by atoms with van der Waals surface area (Å²) in [5.74, 6) is 0.261. The number of nitrogens with zero attached hydrogens (tertiary/aromatic N) is 2. The summed E-state index contributed by atoms with van der Waals surface area (Å²) in [5.41, 5.74) is 2.19. The Morgan fingerprint density at radius 2 is 2.05 bits per heavy atom. The van der Waals surface area contributed by atoms with Crippen LogP contribution in [0.3, 0.4) is 0 Å². The Morgan fingerprint density at radius 1 is 1.26 bits per heavy atom. The molecule has 102 valence electrons. The van der Waals surface area contributed by atoms with Crippen LogP contribution in [-0.4, -0.2) is 39.3 Å². The van der Waals surface area contributed by atoms with Crippen molar-refractivity contribution in [3.63, 3.8) is 0 Å². The number of para-hydroxylation sites is 2. The molecule has 0 bridgehead atoms. The summed E-state index contributed by atoms with van der Waals surface area (Å²) in [5, 5.41) is 0. The molecule has 1 atom stereocenters. The van der Waals surface area contributed by atoms with Crippen molar-refractivity contribution in [1.29, 1.82) is 0 Å². The lowest BCUT2D eigenvalue weighted by atomic mass is 10.1. The quantitative estimate of drug-likeness (QED) is 0.773. The molecule has 1 saturated heterocycles. The van der Waals surface area contributed by atoms with Crippen LogP contribution in [0.1, 0.15) is 12.8 Å². The van der Waals surface area contributed by atoms with Crippen molar-refractivity contribution >= 4 is 17.3 Å². The molecule has 4 heteroatoms. The number of fused-ring (bicyclic) bond motifs is 1. The van der Waals surface area contributed by atoms with E-state index in [0.717, 1.165) is 37.3 Å². The van der Waals surface area contributed by atoms with E-state index in [9.17, 15) is 4.79 Å². The lowest BCUT2D eigenvalue weighted by Gasteiger charge is -2.26. The first kappa shape index (κ1) is 12.5. The molecule has 1 aromatic carbocycles. The summed E-state index contributed by atoms with van der Waals surface area (Å²) in [4.78, 5) is 16.8. The largest absolute Gasteiger partial charge is 0.381 e. The van der Waals surface area contributed by atoms with Crippen LogP contribution >= 0.6 is 0 Å². The average molecular weight is 260 g/mol. The van der Waals surface area contributed by atoms with E-state index in [1.54, 1.807) is 0 Å². The molecule has 2 aliphatic rings. The third-order valence-electron chi connectivity index (χ3n) is 4.00. The second kappa shape index (κ2) is 5.21. The number of amides is 1. The molecule has 0 radical (unpaired) electrons. The number of hydrogen-bond acceptors (Lipinski definition) is 3. The molecular formula is C15H20N2O2. The molecule has 4 nitrogen and oxygen atoms in total. The van der Waals surface area contributed by atoms with Gasteiger partial charge in [-0.05, 0) is 25.0 Å². The molecule has 1 aromatic rings. The molecule has 0 saturated carbocycles. The fraction of sp³-hybridized carbons (Fsp3) is 0.533. The summed E-state index contributed by atoms with van der Waals surface area (Å²) in [6, 6.07) is 8.17. The van der Waals surface area contributed by atoms with Crippen LogP contribution in [0.15, 0.2) is 24.3 Å². The molecule has 0 aliphatic carbocycles. The minimum absolute atomic E-state index is 0.0384. The van der Waals surface area contributed by atoms with Crippen LogP contribution in [0, 0.1) is 5.92 Å². The van der Waals surface area contributed by atoms with Crippen molar-refractivity contribution < 1.29 is 9.53 Å². The molecule has 0 unspecified atom stereocenters. The zero-order valence-corrected chi connectivity index (χ0v) is 11.3. The van der Waals surface area contributed by atoms with Crippen LogP contribution in [0.2, 0.25) is 0 Å². The van der Waals surface area contributed by atoms with E-state index in [4.69, 9.17) is 4.74 Å². The topological polar surface area (TPSA) is 32.8 Å². The van der Waals surface area contributed by atoms with Crippen molar-refractivity contribution in [1.82, 2.24) is 0 Å². The maximum atomic E-state index is 12.6. The monoisotopic (exact) mass is 260 g/mol.